The van der Waals surface area contributed by atoms with Crippen molar-refractivity contribution in [2.24, 2.45) is 0 Å². The fourth-order valence-corrected chi connectivity index (χ4v) is 2.93. The minimum Gasteiger partial charge on any atom is -0.481 e. The Morgan fingerprint density at radius 3 is 2.80 bits per heavy atom. The minimum absolute atomic E-state index is 0.421. The first-order valence-electron chi connectivity index (χ1n) is 6.02. The molecular weight excluding hydrogens is 284 g/mol. The molecule has 108 valence electrons. The van der Waals surface area contributed by atoms with Crippen molar-refractivity contribution in [2.75, 3.05) is 6.54 Å². The summed E-state index contributed by atoms with van der Waals surface area (Å²) < 4.78 is 0. The first-order chi connectivity index (χ1) is 9.47. The number of carbonyl (C=O) groups excluding carboxylic acids is 1. The maximum Gasteiger partial charge on any atom is 0.326 e. The molecule has 0 unspecified atom stereocenters. The predicted molar refractivity (Wildman–Crippen MR) is 70.6 cm³/mol. The highest BCUT2D eigenvalue weighted by Crippen LogP contribution is 2.23. The van der Waals surface area contributed by atoms with Crippen molar-refractivity contribution in [3.05, 3.63) is 21.9 Å². The molecular formula is C12H14N2O5S. The van der Waals surface area contributed by atoms with E-state index < -0.39 is 30.4 Å². The Morgan fingerprint density at radius 2 is 2.15 bits per heavy atom. The average molecular weight is 298 g/mol. The van der Waals surface area contributed by atoms with E-state index in [4.69, 9.17) is 10.2 Å². The van der Waals surface area contributed by atoms with Crippen LogP contribution in [0.1, 0.15) is 16.9 Å². The lowest BCUT2D eigenvalue weighted by Crippen LogP contribution is -2.49. The zero-order chi connectivity index (χ0) is 14.7. The van der Waals surface area contributed by atoms with E-state index in [-0.39, 0.29) is 0 Å². The van der Waals surface area contributed by atoms with Gasteiger partial charge < -0.3 is 20.4 Å². The van der Waals surface area contributed by atoms with Crippen LogP contribution in [-0.2, 0) is 22.6 Å². The van der Waals surface area contributed by atoms with E-state index in [9.17, 15) is 14.4 Å². The maximum absolute atomic E-state index is 12.0. The third-order valence-electron chi connectivity index (χ3n) is 3.07. The van der Waals surface area contributed by atoms with Crippen LogP contribution < -0.4 is 5.32 Å². The first kappa shape index (κ1) is 14.3. The quantitative estimate of drug-likeness (QED) is 0.760. The van der Waals surface area contributed by atoms with Crippen molar-refractivity contribution < 1.29 is 24.6 Å². The second-order valence-corrected chi connectivity index (χ2v) is 5.48. The summed E-state index contributed by atoms with van der Waals surface area (Å²) in [7, 11) is 0. The summed E-state index contributed by atoms with van der Waals surface area (Å²) in [4.78, 5) is 36.2. The molecule has 0 fully saturated rings. The maximum atomic E-state index is 12.0. The molecule has 0 spiro atoms. The van der Waals surface area contributed by atoms with Crippen molar-refractivity contribution in [3.8, 4) is 0 Å². The van der Waals surface area contributed by atoms with Crippen molar-refractivity contribution in [2.45, 2.75) is 25.4 Å². The number of amides is 2. The number of carboxylic acid groups (broad SMARTS) is 2. The summed E-state index contributed by atoms with van der Waals surface area (Å²) >= 11 is 1.64. The van der Waals surface area contributed by atoms with Crippen LogP contribution in [0, 0.1) is 0 Å². The van der Waals surface area contributed by atoms with Gasteiger partial charge in [-0.15, -0.1) is 11.3 Å². The van der Waals surface area contributed by atoms with E-state index in [1.165, 1.54) is 9.78 Å². The number of carboxylic acids is 2. The molecule has 1 aromatic heterocycles. The molecule has 2 amide bonds. The Hall–Kier alpha value is -2.09. The summed E-state index contributed by atoms with van der Waals surface area (Å²) in [6, 6.07) is -0.0230. The third kappa shape index (κ3) is 3.27. The third-order valence-corrected chi connectivity index (χ3v) is 4.09. The number of nitrogens with zero attached hydrogens (tertiary/aromatic N) is 1. The second kappa shape index (κ2) is 5.91. The Bertz CT molecular complexity index is 542. The van der Waals surface area contributed by atoms with Crippen LogP contribution in [0.15, 0.2) is 11.4 Å². The summed E-state index contributed by atoms with van der Waals surface area (Å²) in [5.74, 6) is -2.62. The Balaban J connectivity index is 1.98. The summed E-state index contributed by atoms with van der Waals surface area (Å²) in [5.41, 5.74) is 1.06. The van der Waals surface area contributed by atoms with Crippen LogP contribution in [0.25, 0.3) is 0 Å². The van der Waals surface area contributed by atoms with Gasteiger partial charge in [-0.25, -0.2) is 9.59 Å². The number of hydrogen-bond donors (Lipinski definition) is 3. The normalized spacial score (nSPS) is 15.3. The molecule has 1 atom stereocenters. The molecule has 0 aliphatic carbocycles. The highest BCUT2D eigenvalue weighted by molar-refractivity contribution is 7.10. The van der Waals surface area contributed by atoms with Crippen molar-refractivity contribution in [1.82, 2.24) is 10.2 Å². The molecule has 0 bridgehead atoms. The van der Waals surface area contributed by atoms with Crippen molar-refractivity contribution in [1.29, 1.82) is 0 Å². The molecule has 0 saturated carbocycles. The standard InChI is InChI=1S/C12H14N2O5S/c15-10(16)5-8(11(17)18)13-12(19)14-3-1-9-7(6-14)2-4-20-9/h2,4,8H,1,3,5-6H2,(H,13,19)(H,15,16)(H,17,18)/t8-/m1/s1. The highest BCUT2D eigenvalue weighted by atomic mass is 32.1. The topological polar surface area (TPSA) is 107 Å². The second-order valence-electron chi connectivity index (χ2n) is 4.48. The SMILES string of the molecule is O=C(O)C[C@@H](NC(=O)N1CCc2sccc2C1)C(=O)O. The van der Waals surface area contributed by atoms with Gasteiger partial charge in [-0.2, -0.15) is 0 Å². The van der Waals surface area contributed by atoms with Crippen molar-refractivity contribution in [3.63, 3.8) is 0 Å². The number of fused-ring (bicyclic) bond motifs is 1. The van der Waals surface area contributed by atoms with Gasteiger partial charge in [-0.3, -0.25) is 4.79 Å². The van der Waals surface area contributed by atoms with E-state index in [2.05, 4.69) is 5.32 Å². The zero-order valence-corrected chi connectivity index (χ0v) is 11.4. The summed E-state index contributed by atoms with van der Waals surface area (Å²) in [6.45, 7) is 0.919. The summed E-state index contributed by atoms with van der Waals surface area (Å²) in [6.07, 6.45) is 0.0930. The van der Waals surface area contributed by atoms with E-state index in [1.54, 1.807) is 11.3 Å². The van der Waals surface area contributed by atoms with Gasteiger partial charge in [-0.1, -0.05) is 0 Å². The van der Waals surface area contributed by atoms with Crippen LogP contribution >= 0.6 is 11.3 Å². The average Bonchev–Trinajstić information content (AvgIpc) is 2.84. The fourth-order valence-electron chi connectivity index (χ4n) is 2.04. The Kier molecular flexibility index (Phi) is 4.23. The summed E-state index contributed by atoms with van der Waals surface area (Å²) in [5, 5.41) is 21.7. The van der Waals surface area contributed by atoms with Crippen LogP contribution in [0.4, 0.5) is 4.79 Å². The number of nitrogens with one attached hydrogen (secondary N) is 1. The number of rotatable bonds is 4. The Morgan fingerprint density at radius 1 is 1.40 bits per heavy atom. The molecule has 0 saturated heterocycles. The molecule has 1 aliphatic heterocycles. The molecule has 7 nitrogen and oxygen atoms in total. The number of carbonyl (C=O) groups is 3. The lowest BCUT2D eigenvalue weighted by atomic mass is 10.1. The van der Waals surface area contributed by atoms with Crippen LogP contribution in [0.5, 0.6) is 0 Å². The molecule has 1 aromatic rings. The van der Waals surface area contributed by atoms with E-state index in [0.717, 1.165) is 12.0 Å². The van der Waals surface area contributed by atoms with Gasteiger partial charge in [0.25, 0.3) is 0 Å². The molecule has 0 radical (unpaired) electrons. The van der Waals surface area contributed by atoms with Gasteiger partial charge in [0.15, 0.2) is 0 Å². The lowest BCUT2D eigenvalue weighted by Gasteiger charge is -2.28. The molecule has 3 N–H and O–H groups in total. The van der Waals surface area contributed by atoms with E-state index in [1.807, 2.05) is 11.4 Å². The lowest BCUT2D eigenvalue weighted by molar-refractivity contribution is -0.145. The van der Waals surface area contributed by atoms with Gasteiger partial charge >= 0.3 is 18.0 Å². The fraction of sp³-hybridized carbons (Fsp3) is 0.417. The molecule has 2 rings (SSSR count). The first-order valence-corrected chi connectivity index (χ1v) is 6.90. The molecule has 2 heterocycles. The van der Waals surface area contributed by atoms with Crippen LogP contribution in [0.2, 0.25) is 0 Å². The highest BCUT2D eigenvalue weighted by Gasteiger charge is 2.27. The van der Waals surface area contributed by atoms with E-state index >= 15 is 0 Å². The zero-order valence-electron chi connectivity index (χ0n) is 10.5. The van der Waals surface area contributed by atoms with Gasteiger partial charge in [0, 0.05) is 18.0 Å². The number of hydrogen-bond acceptors (Lipinski definition) is 4. The van der Waals surface area contributed by atoms with Crippen LogP contribution in [0.3, 0.4) is 0 Å². The largest absolute Gasteiger partial charge is 0.481 e. The van der Waals surface area contributed by atoms with Crippen LogP contribution in [-0.4, -0.2) is 45.7 Å². The van der Waals surface area contributed by atoms with Gasteiger partial charge in [-0.05, 0) is 23.4 Å². The number of urea groups is 1. The monoisotopic (exact) mass is 298 g/mol. The minimum atomic E-state index is -1.41. The van der Waals surface area contributed by atoms with Crippen molar-refractivity contribution >= 4 is 29.3 Å². The Labute approximate surface area is 118 Å². The molecule has 20 heavy (non-hydrogen) atoms. The van der Waals surface area contributed by atoms with Gasteiger partial charge in [0.2, 0.25) is 0 Å². The number of aliphatic carboxylic acids is 2. The van der Waals surface area contributed by atoms with Gasteiger partial charge in [0.1, 0.15) is 6.04 Å². The molecule has 8 heteroatoms. The molecule has 1 aliphatic rings. The predicted octanol–water partition coefficient (Wildman–Crippen LogP) is 0.744. The van der Waals surface area contributed by atoms with E-state index in [0.29, 0.717) is 13.1 Å². The number of thiophene rings is 1. The molecule has 0 aromatic carbocycles. The van der Waals surface area contributed by atoms with Gasteiger partial charge in [0.05, 0.1) is 6.42 Å². The smallest absolute Gasteiger partial charge is 0.326 e.